The van der Waals surface area contributed by atoms with Crippen molar-refractivity contribution in [1.29, 1.82) is 0 Å². The molecule has 0 saturated carbocycles. The highest BCUT2D eigenvalue weighted by Crippen LogP contribution is 2.35. The first-order valence-corrected chi connectivity index (χ1v) is 7.61. The Morgan fingerprint density at radius 3 is 3.16 bits per heavy atom. The van der Waals surface area contributed by atoms with Gasteiger partial charge in [-0.1, -0.05) is 18.2 Å². The zero-order valence-corrected chi connectivity index (χ0v) is 11.9. The Morgan fingerprint density at radius 1 is 1.42 bits per heavy atom. The van der Waals surface area contributed by atoms with E-state index in [1.54, 1.807) is 11.0 Å². The number of aryl methyl sites for hydroxylation is 1. The van der Waals surface area contributed by atoms with E-state index >= 15 is 0 Å². The number of fused-ring (bicyclic) bond motifs is 1. The van der Waals surface area contributed by atoms with Crippen molar-refractivity contribution in [1.82, 2.24) is 20.1 Å². The van der Waals surface area contributed by atoms with Crippen LogP contribution in [0.25, 0.3) is 0 Å². The molecule has 2 aromatic rings. The second-order valence-corrected chi connectivity index (χ2v) is 5.90. The van der Waals surface area contributed by atoms with Gasteiger partial charge >= 0.3 is 0 Å². The van der Waals surface area contributed by atoms with Crippen LogP contribution in [0.2, 0.25) is 0 Å². The first-order chi connectivity index (χ1) is 9.33. The van der Waals surface area contributed by atoms with Gasteiger partial charge in [-0.2, -0.15) is 5.10 Å². The van der Waals surface area contributed by atoms with Gasteiger partial charge in [0.05, 0.1) is 0 Å². The molecule has 0 bridgehead atoms. The van der Waals surface area contributed by atoms with Crippen molar-refractivity contribution in [3.8, 4) is 0 Å². The predicted octanol–water partition coefficient (Wildman–Crippen LogP) is 2.18. The molecule has 1 aromatic heterocycles. The zero-order valence-electron chi connectivity index (χ0n) is 11.0. The second kappa shape index (κ2) is 5.75. The zero-order chi connectivity index (χ0) is 13.1. The number of benzene rings is 1. The minimum absolute atomic E-state index is 0.473. The monoisotopic (exact) mass is 274 g/mol. The van der Waals surface area contributed by atoms with Gasteiger partial charge in [-0.3, -0.25) is 4.68 Å². The molecule has 3 rings (SSSR count). The lowest BCUT2D eigenvalue weighted by atomic mass is 10.0. The van der Waals surface area contributed by atoms with Crippen LogP contribution in [0.1, 0.15) is 23.9 Å². The van der Waals surface area contributed by atoms with Crippen LogP contribution in [0.15, 0.2) is 35.5 Å². The van der Waals surface area contributed by atoms with Crippen LogP contribution in [-0.4, -0.2) is 27.1 Å². The number of hydrogen-bond acceptors (Lipinski definition) is 4. The molecule has 100 valence electrons. The summed E-state index contributed by atoms with van der Waals surface area (Å²) in [4.78, 5) is 5.67. The lowest BCUT2D eigenvalue weighted by molar-refractivity contribution is 0.509. The lowest BCUT2D eigenvalue weighted by Crippen LogP contribution is -2.26. The summed E-state index contributed by atoms with van der Waals surface area (Å²) >= 11 is 1.96. The molecule has 1 N–H and O–H groups in total. The van der Waals surface area contributed by atoms with Gasteiger partial charge in [0.1, 0.15) is 6.33 Å². The number of thioether (sulfide) groups is 1. The normalized spacial score (nSPS) is 18.3. The molecule has 0 amide bonds. The number of nitrogens with one attached hydrogen (secondary N) is 1. The van der Waals surface area contributed by atoms with Gasteiger partial charge in [-0.05, 0) is 23.8 Å². The highest BCUT2D eigenvalue weighted by molar-refractivity contribution is 7.99. The maximum absolute atomic E-state index is 4.30. The van der Waals surface area contributed by atoms with E-state index in [-0.39, 0.29) is 0 Å². The Bertz CT molecular complexity index is 552. The van der Waals surface area contributed by atoms with Crippen molar-refractivity contribution < 1.29 is 0 Å². The van der Waals surface area contributed by atoms with E-state index in [1.165, 1.54) is 22.6 Å². The third kappa shape index (κ3) is 2.98. The van der Waals surface area contributed by atoms with E-state index in [1.807, 2.05) is 18.8 Å². The molecule has 2 heterocycles. The standard InChI is InChI=1S/C14H18N4S/c1-18-10-16-14(17-18)6-8-15-12-7-9-19-13-5-3-2-4-11(12)13/h2-5,10,12,15H,6-9H2,1H3. The molecule has 0 spiro atoms. The number of hydrogen-bond donors (Lipinski definition) is 1. The second-order valence-electron chi connectivity index (χ2n) is 4.77. The van der Waals surface area contributed by atoms with Crippen molar-refractivity contribution in [3.63, 3.8) is 0 Å². The summed E-state index contributed by atoms with van der Waals surface area (Å²) < 4.78 is 1.75. The molecule has 4 nitrogen and oxygen atoms in total. The number of nitrogens with zero attached hydrogens (tertiary/aromatic N) is 3. The summed E-state index contributed by atoms with van der Waals surface area (Å²) in [6, 6.07) is 9.17. The van der Waals surface area contributed by atoms with E-state index in [0.717, 1.165) is 18.8 Å². The molecule has 1 aromatic carbocycles. The molecule has 0 fully saturated rings. The van der Waals surface area contributed by atoms with Gasteiger partial charge in [0.25, 0.3) is 0 Å². The van der Waals surface area contributed by atoms with Crippen molar-refractivity contribution in [2.45, 2.75) is 23.8 Å². The van der Waals surface area contributed by atoms with Crippen molar-refractivity contribution in [2.75, 3.05) is 12.3 Å². The summed E-state index contributed by atoms with van der Waals surface area (Å²) in [6.07, 6.45) is 3.83. The lowest BCUT2D eigenvalue weighted by Gasteiger charge is -2.25. The van der Waals surface area contributed by atoms with E-state index in [2.05, 4.69) is 39.7 Å². The van der Waals surface area contributed by atoms with Crippen LogP contribution in [0, 0.1) is 0 Å². The Labute approximate surface area is 117 Å². The van der Waals surface area contributed by atoms with Gasteiger partial charge in [0.15, 0.2) is 5.82 Å². The Kier molecular flexibility index (Phi) is 3.84. The predicted molar refractivity (Wildman–Crippen MR) is 77.2 cm³/mol. The van der Waals surface area contributed by atoms with E-state index in [0.29, 0.717) is 6.04 Å². The molecule has 0 radical (unpaired) electrons. The fourth-order valence-electron chi connectivity index (χ4n) is 2.41. The van der Waals surface area contributed by atoms with Crippen molar-refractivity contribution in [2.24, 2.45) is 7.05 Å². The summed E-state index contributed by atoms with van der Waals surface area (Å²) in [5, 5.41) is 7.93. The molecule has 0 aliphatic carbocycles. The molecular weight excluding hydrogens is 256 g/mol. The highest BCUT2D eigenvalue weighted by atomic mass is 32.2. The topological polar surface area (TPSA) is 42.7 Å². The summed E-state index contributed by atoms with van der Waals surface area (Å²) in [7, 11) is 1.90. The maximum atomic E-state index is 4.30. The first-order valence-electron chi connectivity index (χ1n) is 6.62. The minimum Gasteiger partial charge on any atom is -0.309 e. The summed E-state index contributed by atoms with van der Waals surface area (Å²) in [5.74, 6) is 2.10. The van der Waals surface area contributed by atoms with Crippen molar-refractivity contribution in [3.05, 3.63) is 42.0 Å². The Balaban J connectivity index is 1.59. The average Bonchev–Trinajstić information content (AvgIpc) is 2.85. The molecule has 0 saturated heterocycles. The largest absolute Gasteiger partial charge is 0.309 e. The quantitative estimate of drug-likeness (QED) is 0.928. The van der Waals surface area contributed by atoms with Gasteiger partial charge in [-0.25, -0.2) is 4.98 Å². The molecule has 5 heteroatoms. The molecule has 1 atom stereocenters. The summed E-state index contributed by atoms with van der Waals surface area (Å²) in [6.45, 7) is 0.924. The van der Waals surface area contributed by atoms with Crippen LogP contribution in [0.4, 0.5) is 0 Å². The molecular formula is C14H18N4S. The third-order valence-electron chi connectivity index (χ3n) is 3.34. The number of rotatable bonds is 4. The molecule has 1 aliphatic heterocycles. The van der Waals surface area contributed by atoms with Gasteiger partial charge < -0.3 is 5.32 Å². The van der Waals surface area contributed by atoms with Gasteiger partial charge in [0, 0.05) is 31.0 Å². The van der Waals surface area contributed by atoms with Gasteiger partial charge in [0.2, 0.25) is 0 Å². The van der Waals surface area contributed by atoms with Crippen LogP contribution in [0.3, 0.4) is 0 Å². The highest BCUT2D eigenvalue weighted by Gasteiger charge is 2.19. The van der Waals surface area contributed by atoms with Gasteiger partial charge in [-0.15, -0.1) is 11.8 Å². The Hall–Kier alpha value is -1.33. The molecule has 1 unspecified atom stereocenters. The average molecular weight is 274 g/mol. The fourth-order valence-corrected chi connectivity index (χ4v) is 3.54. The van der Waals surface area contributed by atoms with E-state index < -0.39 is 0 Å². The van der Waals surface area contributed by atoms with Crippen molar-refractivity contribution >= 4 is 11.8 Å². The Morgan fingerprint density at radius 2 is 2.32 bits per heavy atom. The molecule has 19 heavy (non-hydrogen) atoms. The fraction of sp³-hybridized carbons (Fsp3) is 0.429. The van der Waals surface area contributed by atoms with Crippen LogP contribution in [0.5, 0.6) is 0 Å². The smallest absolute Gasteiger partial charge is 0.151 e. The maximum Gasteiger partial charge on any atom is 0.151 e. The third-order valence-corrected chi connectivity index (χ3v) is 4.47. The first kappa shape index (κ1) is 12.7. The summed E-state index contributed by atoms with van der Waals surface area (Å²) in [5.41, 5.74) is 1.44. The molecule has 1 aliphatic rings. The van der Waals surface area contributed by atoms with E-state index in [4.69, 9.17) is 0 Å². The SMILES string of the molecule is Cn1cnc(CCNC2CCSc3ccccc32)n1. The minimum atomic E-state index is 0.473. The van der Waals surface area contributed by atoms with Crippen LogP contribution in [-0.2, 0) is 13.5 Å². The van der Waals surface area contributed by atoms with Crippen LogP contribution >= 0.6 is 11.8 Å². The number of aromatic nitrogens is 3. The van der Waals surface area contributed by atoms with Crippen LogP contribution < -0.4 is 5.32 Å². The van der Waals surface area contributed by atoms with E-state index in [9.17, 15) is 0 Å².